The van der Waals surface area contributed by atoms with Gasteiger partial charge in [0, 0.05) is 35.0 Å². The molecule has 29 heavy (non-hydrogen) atoms. The molecule has 0 bridgehead atoms. The van der Waals surface area contributed by atoms with Crippen molar-refractivity contribution in [2.24, 2.45) is 0 Å². The molecule has 0 aliphatic heterocycles. The van der Waals surface area contributed by atoms with Crippen LogP contribution in [0.25, 0.3) is 38.7 Å². The zero-order valence-electron chi connectivity index (χ0n) is 15.1. The summed E-state index contributed by atoms with van der Waals surface area (Å²) in [5.74, 6) is 0. The number of para-hydroxylation sites is 2. The second-order valence-electron chi connectivity index (χ2n) is 6.66. The molecule has 2 heterocycles. The van der Waals surface area contributed by atoms with Crippen molar-refractivity contribution in [3.8, 4) is 16.8 Å². The molecule has 140 valence electrons. The topological polar surface area (TPSA) is 78.3 Å². The highest BCUT2D eigenvalue weighted by molar-refractivity contribution is 6.09. The SMILES string of the molecule is O=c1oc2ccccc2c2c1c(-c1ccc([N+](=O)[O-])cc1)cn2-c1ccccc1. The molecule has 0 aliphatic rings. The van der Waals surface area contributed by atoms with Crippen molar-refractivity contribution in [1.29, 1.82) is 0 Å². The van der Waals surface area contributed by atoms with Crippen molar-refractivity contribution < 1.29 is 9.34 Å². The molecule has 0 N–H and O–H groups in total. The molecule has 6 heteroatoms. The van der Waals surface area contributed by atoms with Crippen LogP contribution in [0.2, 0.25) is 0 Å². The molecule has 0 saturated carbocycles. The molecule has 0 atom stereocenters. The molecule has 0 fully saturated rings. The van der Waals surface area contributed by atoms with E-state index in [4.69, 9.17) is 4.42 Å². The Kier molecular flexibility index (Phi) is 3.77. The summed E-state index contributed by atoms with van der Waals surface area (Å²) in [6.07, 6.45) is 1.88. The summed E-state index contributed by atoms with van der Waals surface area (Å²) in [6, 6.07) is 23.3. The largest absolute Gasteiger partial charge is 0.422 e. The van der Waals surface area contributed by atoms with Crippen LogP contribution < -0.4 is 5.63 Å². The van der Waals surface area contributed by atoms with Gasteiger partial charge in [-0.15, -0.1) is 0 Å². The fraction of sp³-hybridized carbons (Fsp3) is 0. The van der Waals surface area contributed by atoms with Gasteiger partial charge in [-0.05, 0) is 42.0 Å². The van der Waals surface area contributed by atoms with Crippen LogP contribution in [0, 0.1) is 10.1 Å². The van der Waals surface area contributed by atoms with E-state index in [1.54, 1.807) is 18.2 Å². The molecule has 0 amide bonds. The Morgan fingerprint density at radius 2 is 1.55 bits per heavy atom. The van der Waals surface area contributed by atoms with Crippen molar-refractivity contribution >= 4 is 27.6 Å². The van der Waals surface area contributed by atoms with Crippen molar-refractivity contribution in [3.63, 3.8) is 0 Å². The third-order valence-corrected chi connectivity index (χ3v) is 4.98. The summed E-state index contributed by atoms with van der Waals surface area (Å²) in [5.41, 5.74) is 3.09. The quantitative estimate of drug-likeness (QED) is 0.241. The minimum atomic E-state index is -0.446. The number of aromatic nitrogens is 1. The molecule has 0 aliphatic carbocycles. The molecule has 6 nitrogen and oxygen atoms in total. The first-order chi connectivity index (χ1) is 14.1. The second kappa shape index (κ2) is 6.45. The summed E-state index contributed by atoms with van der Waals surface area (Å²) in [4.78, 5) is 23.5. The van der Waals surface area contributed by atoms with E-state index < -0.39 is 10.5 Å². The molecule has 0 saturated heterocycles. The van der Waals surface area contributed by atoms with Gasteiger partial charge in [-0.1, -0.05) is 30.3 Å². The molecular weight excluding hydrogens is 368 g/mol. The molecule has 2 aromatic heterocycles. The number of rotatable bonds is 3. The summed E-state index contributed by atoms with van der Waals surface area (Å²) < 4.78 is 7.53. The highest BCUT2D eigenvalue weighted by Gasteiger charge is 2.19. The first-order valence-electron chi connectivity index (χ1n) is 9.00. The predicted octanol–water partition coefficient (Wildman–Crippen LogP) is 5.31. The van der Waals surface area contributed by atoms with Crippen LogP contribution in [0.15, 0.2) is 94.3 Å². The number of nitrogens with zero attached hydrogens (tertiary/aromatic N) is 2. The summed E-state index contributed by atoms with van der Waals surface area (Å²) in [5, 5.41) is 12.3. The van der Waals surface area contributed by atoms with Gasteiger partial charge >= 0.3 is 5.63 Å². The molecule has 0 radical (unpaired) electrons. The Bertz CT molecular complexity index is 1430. The van der Waals surface area contributed by atoms with Gasteiger partial charge in [-0.25, -0.2) is 4.79 Å². The van der Waals surface area contributed by atoms with Gasteiger partial charge in [0.25, 0.3) is 5.69 Å². The second-order valence-corrected chi connectivity index (χ2v) is 6.66. The lowest BCUT2D eigenvalue weighted by atomic mass is 10.0. The van der Waals surface area contributed by atoms with Gasteiger partial charge in [0.05, 0.1) is 15.8 Å². The van der Waals surface area contributed by atoms with Crippen LogP contribution in [0.4, 0.5) is 5.69 Å². The number of benzene rings is 3. The van der Waals surface area contributed by atoms with E-state index in [9.17, 15) is 14.9 Å². The summed E-state index contributed by atoms with van der Waals surface area (Å²) in [6.45, 7) is 0. The molecule has 5 rings (SSSR count). The van der Waals surface area contributed by atoms with E-state index in [1.807, 2.05) is 59.3 Å². The Morgan fingerprint density at radius 1 is 0.862 bits per heavy atom. The van der Waals surface area contributed by atoms with E-state index in [0.29, 0.717) is 22.1 Å². The maximum atomic E-state index is 12.9. The van der Waals surface area contributed by atoms with E-state index >= 15 is 0 Å². The average molecular weight is 382 g/mol. The first-order valence-corrected chi connectivity index (χ1v) is 9.00. The molecular formula is C23H14N2O4. The van der Waals surface area contributed by atoms with E-state index in [1.165, 1.54) is 12.1 Å². The maximum absolute atomic E-state index is 12.9. The first kappa shape index (κ1) is 16.9. The van der Waals surface area contributed by atoms with Gasteiger partial charge in [0.15, 0.2) is 0 Å². The maximum Gasteiger partial charge on any atom is 0.346 e. The van der Waals surface area contributed by atoms with Gasteiger partial charge < -0.3 is 8.98 Å². The lowest BCUT2D eigenvalue weighted by Gasteiger charge is -2.06. The molecule has 3 aromatic carbocycles. The third-order valence-electron chi connectivity index (χ3n) is 4.98. The molecule has 5 aromatic rings. The zero-order valence-corrected chi connectivity index (χ0v) is 15.1. The van der Waals surface area contributed by atoms with E-state index in [-0.39, 0.29) is 5.69 Å². The zero-order chi connectivity index (χ0) is 20.0. The van der Waals surface area contributed by atoms with E-state index in [2.05, 4.69) is 0 Å². The normalized spacial score (nSPS) is 11.2. The Morgan fingerprint density at radius 3 is 2.28 bits per heavy atom. The van der Waals surface area contributed by atoms with Crippen molar-refractivity contribution in [2.45, 2.75) is 0 Å². The molecule has 0 unspecified atom stereocenters. The predicted molar refractivity (Wildman–Crippen MR) is 111 cm³/mol. The van der Waals surface area contributed by atoms with Crippen LogP contribution in [0.3, 0.4) is 0 Å². The molecule has 0 spiro atoms. The summed E-state index contributed by atoms with van der Waals surface area (Å²) in [7, 11) is 0. The van der Waals surface area contributed by atoms with Crippen LogP contribution >= 0.6 is 0 Å². The fourth-order valence-corrected chi connectivity index (χ4v) is 3.65. The monoisotopic (exact) mass is 382 g/mol. The van der Waals surface area contributed by atoms with Crippen LogP contribution in [0.1, 0.15) is 0 Å². The van der Waals surface area contributed by atoms with Gasteiger partial charge in [0.1, 0.15) is 5.58 Å². The van der Waals surface area contributed by atoms with Crippen LogP contribution in [-0.4, -0.2) is 9.49 Å². The Balaban J connectivity index is 1.89. The van der Waals surface area contributed by atoms with Crippen molar-refractivity contribution in [1.82, 2.24) is 4.57 Å². The van der Waals surface area contributed by atoms with Gasteiger partial charge in [-0.3, -0.25) is 10.1 Å². The van der Waals surface area contributed by atoms with Crippen LogP contribution in [0.5, 0.6) is 0 Å². The number of nitro groups is 1. The van der Waals surface area contributed by atoms with Gasteiger partial charge in [-0.2, -0.15) is 0 Å². The van der Waals surface area contributed by atoms with Crippen molar-refractivity contribution in [2.75, 3.05) is 0 Å². The minimum Gasteiger partial charge on any atom is -0.422 e. The van der Waals surface area contributed by atoms with Crippen molar-refractivity contribution in [3.05, 3.63) is 106 Å². The standard InChI is InChI=1S/C23H14N2O4/c26-23-21-19(15-10-12-17(13-11-15)25(27)28)14-24(16-6-2-1-3-7-16)22(21)18-8-4-5-9-20(18)29-23/h1-14H. The number of hydrogen-bond acceptors (Lipinski definition) is 4. The lowest BCUT2D eigenvalue weighted by Crippen LogP contribution is -2.01. The Hall–Kier alpha value is -4.19. The third kappa shape index (κ3) is 2.70. The van der Waals surface area contributed by atoms with Crippen LogP contribution in [-0.2, 0) is 0 Å². The smallest absolute Gasteiger partial charge is 0.346 e. The number of non-ortho nitro benzene ring substituents is 1. The van der Waals surface area contributed by atoms with Gasteiger partial charge in [0.2, 0.25) is 0 Å². The minimum absolute atomic E-state index is 0.00182. The van der Waals surface area contributed by atoms with E-state index in [0.717, 1.165) is 16.6 Å². The number of nitro benzene ring substituents is 1. The average Bonchev–Trinajstić information content (AvgIpc) is 3.16. The Labute approximate surface area is 164 Å². The summed E-state index contributed by atoms with van der Waals surface area (Å²) >= 11 is 0. The number of fused-ring (bicyclic) bond motifs is 3. The highest BCUT2D eigenvalue weighted by Crippen LogP contribution is 2.35. The number of hydrogen-bond donors (Lipinski definition) is 0. The lowest BCUT2D eigenvalue weighted by molar-refractivity contribution is -0.384. The fourth-order valence-electron chi connectivity index (χ4n) is 3.65. The highest BCUT2D eigenvalue weighted by atomic mass is 16.6.